The maximum atomic E-state index is 12.5. The van der Waals surface area contributed by atoms with E-state index in [-0.39, 0.29) is 0 Å². The van der Waals surface area contributed by atoms with Crippen molar-refractivity contribution in [2.75, 3.05) is 45.9 Å². The third-order valence-corrected chi connectivity index (χ3v) is 5.85. The van der Waals surface area contributed by atoms with Crippen LogP contribution in [0.25, 0.3) is 0 Å². The number of nitrogens with zero attached hydrogens (tertiary/aromatic N) is 4. The van der Waals surface area contributed by atoms with Crippen molar-refractivity contribution in [1.29, 1.82) is 0 Å². The van der Waals surface area contributed by atoms with Crippen LogP contribution in [0.2, 0.25) is 0 Å². The summed E-state index contributed by atoms with van der Waals surface area (Å²) >= 11 is 0. The van der Waals surface area contributed by atoms with E-state index in [0.29, 0.717) is 24.4 Å². The molecule has 0 aromatic carbocycles. The molecule has 6 heteroatoms. The van der Waals surface area contributed by atoms with Crippen LogP contribution in [-0.4, -0.2) is 83.6 Å². The number of ether oxygens (including phenoxy) is 1. The standard InChI is InChI=1S/C19H28N4O2/c24-19-5-4-17-18(23(19)10-9-21-11-13-25-14-12-21)6-8-22(17)15-16-3-1-2-7-20-16/h1-3,7,17-18H,4-6,8-15H2/t17-,18-/m0/s1. The highest BCUT2D eigenvalue weighted by molar-refractivity contribution is 5.77. The van der Waals surface area contributed by atoms with E-state index < -0.39 is 0 Å². The molecule has 25 heavy (non-hydrogen) atoms. The maximum Gasteiger partial charge on any atom is 0.222 e. The molecule has 1 aromatic heterocycles. The molecule has 4 rings (SSSR count). The van der Waals surface area contributed by atoms with E-state index >= 15 is 0 Å². The molecule has 4 heterocycles. The van der Waals surface area contributed by atoms with Crippen LogP contribution >= 0.6 is 0 Å². The number of fused-ring (bicyclic) bond motifs is 1. The van der Waals surface area contributed by atoms with Gasteiger partial charge in [-0.05, 0) is 25.0 Å². The van der Waals surface area contributed by atoms with E-state index in [2.05, 4.69) is 31.8 Å². The molecular weight excluding hydrogens is 316 g/mol. The first kappa shape index (κ1) is 16.9. The number of piperidine rings is 1. The van der Waals surface area contributed by atoms with Gasteiger partial charge in [-0.1, -0.05) is 6.07 Å². The average Bonchev–Trinajstić information content (AvgIpc) is 3.05. The Morgan fingerprint density at radius 3 is 2.76 bits per heavy atom. The van der Waals surface area contributed by atoms with Gasteiger partial charge in [0.25, 0.3) is 0 Å². The summed E-state index contributed by atoms with van der Waals surface area (Å²) in [4.78, 5) is 24.1. The van der Waals surface area contributed by atoms with Crippen molar-refractivity contribution in [2.24, 2.45) is 0 Å². The van der Waals surface area contributed by atoms with Gasteiger partial charge in [-0.15, -0.1) is 0 Å². The third-order valence-electron chi connectivity index (χ3n) is 5.85. The highest BCUT2D eigenvalue weighted by Crippen LogP contribution is 2.32. The smallest absolute Gasteiger partial charge is 0.222 e. The van der Waals surface area contributed by atoms with Gasteiger partial charge in [-0.25, -0.2) is 0 Å². The quantitative estimate of drug-likeness (QED) is 0.797. The second-order valence-electron chi connectivity index (χ2n) is 7.29. The zero-order chi connectivity index (χ0) is 17.1. The molecular formula is C19H28N4O2. The van der Waals surface area contributed by atoms with Crippen LogP contribution in [0.4, 0.5) is 0 Å². The predicted octanol–water partition coefficient (Wildman–Crippen LogP) is 0.979. The van der Waals surface area contributed by atoms with E-state index in [1.165, 1.54) is 0 Å². The Hall–Kier alpha value is -1.50. The minimum absolute atomic E-state index is 0.342. The maximum absolute atomic E-state index is 12.5. The van der Waals surface area contributed by atoms with Gasteiger partial charge in [0.1, 0.15) is 0 Å². The molecule has 0 bridgehead atoms. The average molecular weight is 344 g/mol. The van der Waals surface area contributed by atoms with E-state index in [0.717, 1.165) is 71.0 Å². The van der Waals surface area contributed by atoms with Gasteiger partial charge in [0.05, 0.1) is 18.9 Å². The lowest BCUT2D eigenvalue weighted by Crippen LogP contribution is -2.54. The topological polar surface area (TPSA) is 48.9 Å². The molecule has 0 spiro atoms. The molecule has 136 valence electrons. The van der Waals surface area contributed by atoms with Gasteiger partial charge < -0.3 is 9.64 Å². The molecule has 0 radical (unpaired) electrons. The molecule has 0 aliphatic carbocycles. The Balaban J connectivity index is 1.37. The fourth-order valence-electron chi connectivity index (χ4n) is 4.50. The highest BCUT2D eigenvalue weighted by atomic mass is 16.5. The van der Waals surface area contributed by atoms with Gasteiger partial charge in [0, 0.05) is 64.0 Å². The second kappa shape index (κ2) is 7.81. The first-order valence-corrected chi connectivity index (χ1v) is 9.55. The number of aromatic nitrogens is 1. The summed E-state index contributed by atoms with van der Waals surface area (Å²) in [7, 11) is 0. The fraction of sp³-hybridized carbons (Fsp3) is 0.684. The largest absolute Gasteiger partial charge is 0.379 e. The number of morpholine rings is 1. The SMILES string of the molecule is O=C1CC[C@H]2[C@H](CCN2Cc2ccccn2)N1CCN1CCOCC1. The number of rotatable bonds is 5. The molecule has 1 amide bonds. The Bertz CT molecular complexity index is 576. The number of likely N-dealkylation sites (tertiary alicyclic amines) is 2. The van der Waals surface area contributed by atoms with Crippen LogP contribution in [-0.2, 0) is 16.1 Å². The van der Waals surface area contributed by atoms with Gasteiger partial charge in [0.2, 0.25) is 5.91 Å². The van der Waals surface area contributed by atoms with Crippen LogP contribution in [0.1, 0.15) is 25.0 Å². The molecule has 0 N–H and O–H groups in total. The van der Waals surface area contributed by atoms with Crippen LogP contribution < -0.4 is 0 Å². The first-order chi connectivity index (χ1) is 12.3. The summed E-state index contributed by atoms with van der Waals surface area (Å²) in [6, 6.07) is 6.98. The second-order valence-corrected chi connectivity index (χ2v) is 7.29. The summed E-state index contributed by atoms with van der Waals surface area (Å²) in [5, 5.41) is 0. The molecule has 2 atom stereocenters. The van der Waals surface area contributed by atoms with Crippen molar-refractivity contribution in [3.8, 4) is 0 Å². The third kappa shape index (κ3) is 3.86. The number of carbonyl (C=O) groups is 1. The van der Waals surface area contributed by atoms with E-state index in [9.17, 15) is 4.79 Å². The monoisotopic (exact) mass is 344 g/mol. The van der Waals surface area contributed by atoms with Crippen molar-refractivity contribution >= 4 is 5.91 Å². The molecule has 0 saturated carbocycles. The summed E-state index contributed by atoms with van der Waals surface area (Å²) in [6.07, 6.45) is 4.63. The lowest BCUT2D eigenvalue weighted by molar-refractivity contribution is -0.138. The number of hydrogen-bond acceptors (Lipinski definition) is 5. The summed E-state index contributed by atoms with van der Waals surface area (Å²) in [6.45, 7) is 7.40. The van der Waals surface area contributed by atoms with Gasteiger partial charge >= 0.3 is 0 Å². The predicted molar refractivity (Wildman–Crippen MR) is 95.0 cm³/mol. The van der Waals surface area contributed by atoms with E-state index in [1.807, 2.05) is 12.3 Å². The molecule has 3 aliphatic heterocycles. The van der Waals surface area contributed by atoms with Crippen molar-refractivity contribution in [2.45, 2.75) is 37.9 Å². The number of pyridine rings is 1. The molecule has 3 saturated heterocycles. The van der Waals surface area contributed by atoms with Crippen molar-refractivity contribution in [1.82, 2.24) is 19.7 Å². The fourth-order valence-corrected chi connectivity index (χ4v) is 4.50. The molecule has 1 aromatic rings. The van der Waals surface area contributed by atoms with Crippen LogP contribution in [0.15, 0.2) is 24.4 Å². The van der Waals surface area contributed by atoms with Crippen LogP contribution in [0.3, 0.4) is 0 Å². The Morgan fingerprint density at radius 2 is 1.96 bits per heavy atom. The van der Waals surface area contributed by atoms with E-state index in [1.54, 1.807) is 0 Å². The number of carbonyl (C=O) groups excluding carboxylic acids is 1. The zero-order valence-electron chi connectivity index (χ0n) is 14.8. The minimum atomic E-state index is 0.342. The summed E-state index contributed by atoms with van der Waals surface area (Å²) in [5.74, 6) is 0.342. The minimum Gasteiger partial charge on any atom is -0.379 e. The Kier molecular flexibility index (Phi) is 5.29. The van der Waals surface area contributed by atoms with Crippen LogP contribution in [0.5, 0.6) is 0 Å². The number of hydrogen-bond donors (Lipinski definition) is 0. The lowest BCUT2D eigenvalue weighted by Gasteiger charge is -2.41. The molecule has 6 nitrogen and oxygen atoms in total. The molecule has 0 unspecified atom stereocenters. The van der Waals surface area contributed by atoms with E-state index in [4.69, 9.17) is 4.74 Å². The summed E-state index contributed by atoms with van der Waals surface area (Å²) in [5.41, 5.74) is 1.12. The van der Waals surface area contributed by atoms with Crippen LogP contribution in [0, 0.1) is 0 Å². The molecule has 3 fully saturated rings. The molecule has 3 aliphatic rings. The van der Waals surface area contributed by atoms with Crippen molar-refractivity contribution < 1.29 is 9.53 Å². The zero-order valence-corrected chi connectivity index (χ0v) is 14.8. The lowest BCUT2D eigenvalue weighted by atomic mass is 9.96. The van der Waals surface area contributed by atoms with Gasteiger partial charge in [-0.3, -0.25) is 19.6 Å². The van der Waals surface area contributed by atoms with Gasteiger partial charge in [-0.2, -0.15) is 0 Å². The Labute approximate surface area is 149 Å². The normalized spacial score (nSPS) is 28.3. The van der Waals surface area contributed by atoms with Crippen molar-refractivity contribution in [3.63, 3.8) is 0 Å². The van der Waals surface area contributed by atoms with Gasteiger partial charge in [0.15, 0.2) is 0 Å². The highest BCUT2D eigenvalue weighted by Gasteiger charge is 2.42. The first-order valence-electron chi connectivity index (χ1n) is 9.55. The summed E-state index contributed by atoms with van der Waals surface area (Å²) < 4.78 is 5.42. The van der Waals surface area contributed by atoms with Crippen molar-refractivity contribution in [3.05, 3.63) is 30.1 Å². The number of amides is 1. The Morgan fingerprint density at radius 1 is 1.08 bits per heavy atom.